The lowest BCUT2D eigenvalue weighted by atomic mass is 10.2. The van der Waals surface area contributed by atoms with Crippen molar-refractivity contribution in [3.05, 3.63) is 28.3 Å². The molecule has 20 heavy (non-hydrogen) atoms. The van der Waals surface area contributed by atoms with E-state index < -0.39 is 18.0 Å². The highest BCUT2D eigenvalue weighted by atomic mass is 19.3. The second-order valence-corrected chi connectivity index (χ2v) is 3.88. The molecule has 0 saturated carbocycles. The number of nitro groups is 1. The maximum absolute atomic E-state index is 11.8. The number of benzene rings is 1. The summed E-state index contributed by atoms with van der Waals surface area (Å²) in [6.45, 7) is 2.01. The number of anilines is 2. The van der Waals surface area contributed by atoms with E-state index >= 15 is 0 Å². The van der Waals surface area contributed by atoms with Gasteiger partial charge in [-0.3, -0.25) is 10.1 Å². The molecule has 1 aromatic rings. The third-order valence-electron chi connectivity index (χ3n) is 2.39. The van der Waals surface area contributed by atoms with Crippen LogP contribution < -0.4 is 10.6 Å². The van der Waals surface area contributed by atoms with Crippen LogP contribution in [-0.4, -0.2) is 37.7 Å². The Kier molecular flexibility index (Phi) is 6.65. The summed E-state index contributed by atoms with van der Waals surface area (Å²) in [7, 11) is 0. The fourth-order valence-electron chi connectivity index (χ4n) is 1.65. The largest absolute Gasteiger partial charge is 0.380 e. The zero-order chi connectivity index (χ0) is 15.0. The maximum Gasteiger partial charge on any atom is 0.315 e. The number of alkyl halides is 2. The van der Waals surface area contributed by atoms with E-state index in [0.29, 0.717) is 17.9 Å². The molecule has 0 spiro atoms. The maximum atomic E-state index is 11.8. The average molecular weight is 289 g/mol. The molecule has 1 rings (SSSR count). The van der Waals surface area contributed by atoms with Crippen LogP contribution in [0.1, 0.15) is 6.92 Å². The number of hydrogen-bond donors (Lipinski definition) is 2. The Morgan fingerprint density at radius 3 is 2.55 bits per heavy atom. The minimum atomic E-state index is -2.51. The van der Waals surface area contributed by atoms with Crippen LogP contribution in [0.25, 0.3) is 0 Å². The van der Waals surface area contributed by atoms with E-state index in [2.05, 4.69) is 10.6 Å². The molecule has 0 saturated heterocycles. The topological polar surface area (TPSA) is 76.4 Å². The van der Waals surface area contributed by atoms with E-state index in [-0.39, 0.29) is 18.8 Å². The van der Waals surface area contributed by atoms with Gasteiger partial charge in [-0.25, -0.2) is 8.78 Å². The molecule has 0 amide bonds. The average Bonchev–Trinajstić information content (AvgIpc) is 2.38. The third-order valence-corrected chi connectivity index (χ3v) is 2.39. The van der Waals surface area contributed by atoms with Gasteiger partial charge in [0.2, 0.25) is 0 Å². The lowest BCUT2D eigenvalue weighted by molar-refractivity contribution is -0.383. The molecule has 0 fully saturated rings. The molecule has 0 heterocycles. The first-order valence-corrected chi connectivity index (χ1v) is 6.17. The van der Waals surface area contributed by atoms with Crippen molar-refractivity contribution in [3.8, 4) is 0 Å². The van der Waals surface area contributed by atoms with Crippen molar-refractivity contribution in [1.82, 2.24) is 0 Å². The molecule has 8 heteroatoms. The van der Waals surface area contributed by atoms with Crippen molar-refractivity contribution < 1.29 is 18.4 Å². The first-order valence-electron chi connectivity index (χ1n) is 6.17. The SMILES string of the molecule is CCNc1cccc(NCCOCC(F)F)c1[N+](=O)[O-]. The van der Waals surface area contributed by atoms with Gasteiger partial charge in [-0.15, -0.1) is 0 Å². The number of ether oxygens (including phenoxy) is 1. The standard InChI is InChI=1S/C12H17F2N3O3/c1-2-15-9-4-3-5-10(12(9)17(18)19)16-6-7-20-8-11(13)14/h3-5,11,15-16H,2,6-8H2,1H3. The van der Waals surface area contributed by atoms with Gasteiger partial charge in [-0.1, -0.05) is 6.07 Å². The minimum absolute atomic E-state index is 0.0485. The Balaban J connectivity index is 2.64. The number of nitrogens with one attached hydrogen (secondary N) is 2. The van der Waals surface area contributed by atoms with Gasteiger partial charge in [0, 0.05) is 13.1 Å². The first kappa shape index (κ1) is 16.1. The van der Waals surface area contributed by atoms with Crippen molar-refractivity contribution in [2.75, 3.05) is 36.9 Å². The summed E-state index contributed by atoms with van der Waals surface area (Å²) in [6.07, 6.45) is -2.51. The van der Waals surface area contributed by atoms with Crippen LogP contribution in [0, 0.1) is 10.1 Å². The summed E-state index contributed by atoms with van der Waals surface area (Å²) in [5.74, 6) is 0. The second-order valence-electron chi connectivity index (χ2n) is 3.88. The molecular formula is C12H17F2N3O3. The van der Waals surface area contributed by atoms with E-state index in [1.807, 2.05) is 6.92 Å². The Morgan fingerprint density at radius 1 is 1.35 bits per heavy atom. The summed E-state index contributed by atoms with van der Waals surface area (Å²) in [5, 5.41) is 16.8. The van der Waals surface area contributed by atoms with Gasteiger partial charge in [-0.2, -0.15) is 0 Å². The van der Waals surface area contributed by atoms with Gasteiger partial charge in [0.15, 0.2) is 0 Å². The van der Waals surface area contributed by atoms with Gasteiger partial charge < -0.3 is 15.4 Å². The molecule has 0 bridgehead atoms. The fourth-order valence-corrected chi connectivity index (χ4v) is 1.65. The predicted octanol–water partition coefficient (Wildman–Crippen LogP) is 2.72. The highest BCUT2D eigenvalue weighted by molar-refractivity contribution is 5.76. The van der Waals surface area contributed by atoms with Crippen LogP contribution in [0.15, 0.2) is 18.2 Å². The first-order chi connectivity index (χ1) is 9.56. The molecule has 2 N–H and O–H groups in total. The number of halogens is 2. The molecule has 0 aliphatic rings. The van der Waals surface area contributed by atoms with Gasteiger partial charge >= 0.3 is 5.69 Å². The number of para-hydroxylation sites is 1. The van der Waals surface area contributed by atoms with Crippen molar-refractivity contribution in [2.24, 2.45) is 0 Å². The normalized spacial score (nSPS) is 10.6. The van der Waals surface area contributed by atoms with E-state index in [9.17, 15) is 18.9 Å². The second kappa shape index (κ2) is 8.26. The van der Waals surface area contributed by atoms with Crippen LogP contribution in [-0.2, 0) is 4.74 Å². The summed E-state index contributed by atoms with van der Waals surface area (Å²) < 4.78 is 28.4. The van der Waals surface area contributed by atoms with Crippen LogP contribution >= 0.6 is 0 Å². The Labute approximate surface area is 115 Å². The molecular weight excluding hydrogens is 272 g/mol. The zero-order valence-electron chi connectivity index (χ0n) is 11.1. The number of nitrogens with zero attached hydrogens (tertiary/aromatic N) is 1. The van der Waals surface area contributed by atoms with Crippen LogP contribution in [0.2, 0.25) is 0 Å². The molecule has 1 aromatic carbocycles. The van der Waals surface area contributed by atoms with Gasteiger partial charge in [0.1, 0.15) is 18.0 Å². The number of nitro benzene ring substituents is 1. The number of hydrogen-bond acceptors (Lipinski definition) is 5. The van der Waals surface area contributed by atoms with Crippen molar-refractivity contribution >= 4 is 17.1 Å². The monoisotopic (exact) mass is 289 g/mol. The fraction of sp³-hybridized carbons (Fsp3) is 0.500. The molecule has 0 aliphatic heterocycles. The smallest absolute Gasteiger partial charge is 0.315 e. The molecule has 0 unspecified atom stereocenters. The van der Waals surface area contributed by atoms with Crippen LogP contribution in [0.4, 0.5) is 25.8 Å². The predicted molar refractivity (Wildman–Crippen MR) is 72.6 cm³/mol. The molecule has 0 aromatic heterocycles. The molecule has 0 aliphatic carbocycles. The Morgan fingerprint density at radius 2 is 2.00 bits per heavy atom. The summed E-state index contributed by atoms with van der Waals surface area (Å²) >= 11 is 0. The lowest BCUT2D eigenvalue weighted by Crippen LogP contribution is -2.14. The quantitative estimate of drug-likeness (QED) is 0.415. The highest BCUT2D eigenvalue weighted by Crippen LogP contribution is 2.32. The molecule has 0 atom stereocenters. The van der Waals surface area contributed by atoms with Gasteiger partial charge in [-0.05, 0) is 19.1 Å². The van der Waals surface area contributed by atoms with E-state index in [1.54, 1.807) is 18.2 Å². The van der Waals surface area contributed by atoms with Crippen LogP contribution in [0.3, 0.4) is 0 Å². The van der Waals surface area contributed by atoms with E-state index in [4.69, 9.17) is 4.74 Å². The molecule has 112 valence electrons. The summed E-state index contributed by atoms with van der Waals surface area (Å²) in [6, 6.07) is 4.85. The minimum Gasteiger partial charge on any atom is -0.380 e. The summed E-state index contributed by atoms with van der Waals surface area (Å²) in [5.41, 5.74) is 0.674. The Hall–Kier alpha value is -1.96. The zero-order valence-corrected chi connectivity index (χ0v) is 11.1. The van der Waals surface area contributed by atoms with Crippen molar-refractivity contribution in [1.29, 1.82) is 0 Å². The Bertz CT molecular complexity index is 444. The van der Waals surface area contributed by atoms with E-state index in [1.165, 1.54) is 0 Å². The highest BCUT2D eigenvalue weighted by Gasteiger charge is 2.18. The van der Waals surface area contributed by atoms with Gasteiger partial charge in [0.05, 0.1) is 11.5 Å². The molecule has 0 radical (unpaired) electrons. The molecule has 6 nitrogen and oxygen atoms in total. The lowest BCUT2D eigenvalue weighted by Gasteiger charge is -2.11. The van der Waals surface area contributed by atoms with E-state index in [0.717, 1.165) is 0 Å². The number of rotatable bonds is 9. The van der Waals surface area contributed by atoms with Crippen molar-refractivity contribution in [3.63, 3.8) is 0 Å². The van der Waals surface area contributed by atoms with Crippen LogP contribution in [0.5, 0.6) is 0 Å². The van der Waals surface area contributed by atoms with Crippen molar-refractivity contribution in [2.45, 2.75) is 13.3 Å². The van der Waals surface area contributed by atoms with Gasteiger partial charge in [0.25, 0.3) is 6.43 Å². The third kappa shape index (κ3) is 4.96. The summed E-state index contributed by atoms with van der Waals surface area (Å²) in [4.78, 5) is 10.6.